The van der Waals surface area contributed by atoms with Crippen LogP contribution >= 0.6 is 15.9 Å². The number of nitrogen functional groups attached to an aromatic ring is 1. The summed E-state index contributed by atoms with van der Waals surface area (Å²) in [5, 5.41) is 8.91. The van der Waals surface area contributed by atoms with Gasteiger partial charge in [-0.2, -0.15) is 5.26 Å². The van der Waals surface area contributed by atoms with Crippen LogP contribution in [0.1, 0.15) is 11.1 Å². The molecule has 0 saturated carbocycles. The maximum Gasteiger partial charge on any atom is 0.207 e. The quantitative estimate of drug-likeness (QED) is 0.745. The van der Waals surface area contributed by atoms with Crippen molar-refractivity contribution in [2.45, 2.75) is 6.92 Å². The molecule has 0 fully saturated rings. The molecule has 0 aliphatic heterocycles. The molecular formula is C14H10BrN5. The number of hydrogen-bond acceptors (Lipinski definition) is 4. The highest BCUT2D eigenvalue weighted by Crippen LogP contribution is 2.28. The molecule has 3 aromatic rings. The molecule has 1 aromatic carbocycles. The van der Waals surface area contributed by atoms with Crippen LogP contribution in [-0.4, -0.2) is 14.5 Å². The minimum Gasteiger partial charge on any atom is -0.369 e. The summed E-state index contributed by atoms with van der Waals surface area (Å²) in [7, 11) is 0. The van der Waals surface area contributed by atoms with Crippen LogP contribution in [0, 0.1) is 18.3 Å². The van der Waals surface area contributed by atoms with E-state index in [1.165, 1.54) is 0 Å². The summed E-state index contributed by atoms with van der Waals surface area (Å²) < 4.78 is 2.53. The van der Waals surface area contributed by atoms with Crippen LogP contribution in [0.5, 0.6) is 0 Å². The standard InChI is InChI=1S/C14H10BrN5/c1-8-4-11-13(18-7-8)20(14(17)19-11)12-3-2-9(6-16)5-10(12)15/h2-5,7H,1H3,(H2,17,19). The fraction of sp³-hybridized carbons (Fsp3) is 0.0714. The molecule has 6 heteroatoms. The molecule has 0 atom stereocenters. The lowest BCUT2D eigenvalue weighted by Gasteiger charge is -2.08. The lowest BCUT2D eigenvalue weighted by atomic mass is 10.2. The van der Waals surface area contributed by atoms with E-state index >= 15 is 0 Å². The Morgan fingerprint density at radius 2 is 2.15 bits per heavy atom. The van der Waals surface area contributed by atoms with E-state index in [4.69, 9.17) is 11.0 Å². The number of anilines is 1. The SMILES string of the molecule is Cc1cnc2c(c1)nc(N)n2-c1ccc(C#N)cc1Br. The van der Waals surface area contributed by atoms with Gasteiger partial charge in [0.1, 0.15) is 5.52 Å². The summed E-state index contributed by atoms with van der Waals surface area (Å²) in [6.07, 6.45) is 1.78. The second-order valence-corrected chi connectivity index (χ2v) is 5.29. The molecule has 0 bridgehead atoms. The van der Waals surface area contributed by atoms with Crippen LogP contribution in [-0.2, 0) is 0 Å². The van der Waals surface area contributed by atoms with Gasteiger partial charge < -0.3 is 5.73 Å². The molecule has 98 valence electrons. The number of nitrogens with two attached hydrogens (primary N) is 1. The van der Waals surface area contributed by atoms with Crippen molar-refractivity contribution in [1.82, 2.24) is 14.5 Å². The summed E-state index contributed by atoms with van der Waals surface area (Å²) in [4.78, 5) is 8.72. The molecule has 0 unspecified atom stereocenters. The summed E-state index contributed by atoms with van der Waals surface area (Å²) in [5.41, 5.74) is 9.85. The number of rotatable bonds is 1. The summed E-state index contributed by atoms with van der Waals surface area (Å²) >= 11 is 3.46. The number of aryl methyl sites for hydroxylation is 1. The first kappa shape index (κ1) is 12.6. The highest BCUT2D eigenvalue weighted by molar-refractivity contribution is 9.10. The fourth-order valence-corrected chi connectivity index (χ4v) is 2.63. The van der Waals surface area contributed by atoms with Crippen LogP contribution in [0.15, 0.2) is 34.9 Å². The van der Waals surface area contributed by atoms with Crippen molar-refractivity contribution in [1.29, 1.82) is 5.26 Å². The third kappa shape index (κ3) is 1.92. The molecule has 0 aliphatic rings. The van der Waals surface area contributed by atoms with Crippen molar-refractivity contribution in [3.63, 3.8) is 0 Å². The van der Waals surface area contributed by atoms with Crippen molar-refractivity contribution in [2.24, 2.45) is 0 Å². The van der Waals surface area contributed by atoms with Crippen molar-refractivity contribution in [3.8, 4) is 11.8 Å². The van der Waals surface area contributed by atoms with E-state index in [1.807, 2.05) is 19.1 Å². The average molecular weight is 328 g/mol. The Morgan fingerprint density at radius 3 is 2.85 bits per heavy atom. The van der Waals surface area contributed by atoms with E-state index in [0.717, 1.165) is 21.2 Å². The Bertz CT molecular complexity index is 860. The summed E-state index contributed by atoms with van der Waals surface area (Å²) in [5.74, 6) is 0.364. The van der Waals surface area contributed by atoms with Crippen LogP contribution in [0.2, 0.25) is 0 Å². The highest BCUT2D eigenvalue weighted by Gasteiger charge is 2.14. The van der Waals surface area contributed by atoms with Gasteiger partial charge in [-0.3, -0.25) is 4.57 Å². The second kappa shape index (κ2) is 4.62. The number of hydrogen-bond donors (Lipinski definition) is 1. The highest BCUT2D eigenvalue weighted by atomic mass is 79.9. The predicted octanol–water partition coefficient (Wildman–Crippen LogP) is 2.95. The molecule has 0 saturated heterocycles. The van der Waals surface area contributed by atoms with Crippen LogP contribution < -0.4 is 5.73 Å². The van der Waals surface area contributed by atoms with Crippen molar-refractivity contribution < 1.29 is 0 Å². The van der Waals surface area contributed by atoms with Gasteiger partial charge in [0.25, 0.3) is 0 Å². The molecule has 0 radical (unpaired) electrons. The van der Waals surface area contributed by atoms with E-state index in [0.29, 0.717) is 17.2 Å². The van der Waals surface area contributed by atoms with Gasteiger partial charge >= 0.3 is 0 Å². The fourth-order valence-electron chi connectivity index (χ4n) is 2.08. The third-order valence-electron chi connectivity index (χ3n) is 2.98. The number of nitrogens with zero attached hydrogens (tertiary/aromatic N) is 4. The molecule has 0 spiro atoms. The van der Waals surface area contributed by atoms with E-state index in [2.05, 4.69) is 32.0 Å². The van der Waals surface area contributed by atoms with Crippen LogP contribution in [0.3, 0.4) is 0 Å². The lowest BCUT2D eigenvalue weighted by Crippen LogP contribution is -2.02. The monoisotopic (exact) mass is 327 g/mol. The molecule has 3 rings (SSSR count). The number of pyridine rings is 1. The zero-order chi connectivity index (χ0) is 14.3. The minimum atomic E-state index is 0.364. The molecular weight excluding hydrogens is 318 g/mol. The van der Waals surface area contributed by atoms with E-state index in [1.54, 1.807) is 22.9 Å². The molecule has 0 amide bonds. The molecule has 0 aliphatic carbocycles. The normalized spacial score (nSPS) is 10.7. The zero-order valence-electron chi connectivity index (χ0n) is 10.6. The maximum atomic E-state index is 8.91. The molecule has 2 aromatic heterocycles. The smallest absolute Gasteiger partial charge is 0.207 e. The van der Waals surface area contributed by atoms with E-state index in [9.17, 15) is 0 Å². The first-order chi connectivity index (χ1) is 9.60. The van der Waals surface area contributed by atoms with E-state index < -0.39 is 0 Å². The van der Waals surface area contributed by atoms with Gasteiger partial charge in [0.05, 0.1) is 17.3 Å². The van der Waals surface area contributed by atoms with Gasteiger partial charge in [-0.25, -0.2) is 9.97 Å². The van der Waals surface area contributed by atoms with Crippen LogP contribution in [0.25, 0.3) is 16.9 Å². The number of halogens is 1. The van der Waals surface area contributed by atoms with Crippen molar-refractivity contribution in [3.05, 3.63) is 46.1 Å². The number of nitriles is 1. The lowest BCUT2D eigenvalue weighted by molar-refractivity contribution is 1.07. The Hall–Kier alpha value is -2.39. The Kier molecular flexibility index (Phi) is 2.92. The van der Waals surface area contributed by atoms with Crippen molar-refractivity contribution in [2.75, 3.05) is 5.73 Å². The van der Waals surface area contributed by atoms with Crippen LogP contribution in [0.4, 0.5) is 5.95 Å². The zero-order valence-corrected chi connectivity index (χ0v) is 12.2. The number of benzene rings is 1. The van der Waals surface area contributed by atoms with Gasteiger partial charge in [-0.15, -0.1) is 0 Å². The molecule has 2 N–H and O–H groups in total. The van der Waals surface area contributed by atoms with Gasteiger partial charge in [-0.05, 0) is 52.7 Å². The largest absolute Gasteiger partial charge is 0.369 e. The maximum absolute atomic E-state index is 8.91. The second-order valence-electron chi connectivity index (χ2n) is 4.44. The van der Waals surface area contributed by atoms with Crippen molar-refractivity contribution >= 4 is 33.0 Å². The predicted molar refractivity (Wildman–Crippen MR) is 80.4 cm³/mol. The third-order valence-corrected chi connectivity index (χ3v) is 3.61. The minimum absolute atomic E-state index is 0.364. The van der Waals surface area contributed by atoms with Gasteiger partial charge in [0.15, 0.2) is 5.65 Å². The number of aromatic nitrogens is 3. The first-order valence-corrected chi connectivity index (χ1v) is 6.70. The van der Waals surface area contributed by atoms with Gasteiger partial charge in [0.2, 0.25) is 5.95 Å². The summed E-state index contributed by atoms with van der Waals surface area (Å²) in [6, 6.07) is 9.34. The number of fused-ring (bicyclic) bond motifs is 1. The van der Waals surface area contributed by atoms with E-state index in [-0.39, 0.29) is 0 Å². The molecule has 20 heavy (non-hydrogen) atoms. The number of imidazole rings is 1. The average Bonchev–Trinajstić information content (AvgIpc) is 2.73. The topological polar surface area (TPSA) is 80.5 Å². The first-order valence-electron chi connectivity index (χ1n) is 5.91. The Morgan fingerprint density at radius 1 is 1.35 bits per heavy atom. The van der Waals surface area contributed by atoms with Gasteiger partial charge in [-0.1, -0.05) is 0 Å². The molecule has 2 heterocycles. The molecule has 5 nitrogen and oxygen atoms in total. The van der Waals surface area contributed by atoms with Gasteiger partial charge in [0, 0.05) is 10.7 Å². The summed E-state index contributed by atoms with van der Waals surface area (Å²) in [6.45, 7) is 1.96. The Balaban J connectivity index is 2.30. The Labute approximate surface area is 123 Å².